The van der Waals surface area contributed by atoms with Crippen LogP contribution in [-0.2, 0) is 4.74 Å². The molecule has 3 rings (SSSR count). The molecule has 0 spiro atoms. The molecule has 2 aromatic rings. The van der Waals surface area contributed by atoms with Crippen molar-refractivity contribution in [3.8, 4) is 17.0 Å². The maximum atomic E-state index is 12.1. The second-order valence-electron chi connectivity index (χ2n) is 4.56. The Morgan fingerprint density at radius 3 is 2.81 bits per heavy atom. The van der Waals surface area contributed by atoms with Crippen molar-refractivity contribution in [1.82, 2.24) is 10.3 Å². The van der Waals surface area contributed by atoms with E-state index in [1.54, 1.807) is 23.5 Å². The van der Waals surface area contributed by atoms with Crippen molar-refractivity contribution in [2.75, 3.05) is 19.8 Å². The van der Waals surface area contributed by atoms with Gasteiger partial charge in [0.1, 0.15) is 10.8 Å². The summed E-state index contributed by atoms with van der Waals surface area (Å²) >= 11 is 1.56. The predicted octanol–water partition coefficient (Wildman–Crippen LogP) is 3.07. The predicted molar refractivity (Wildman–Crippen MR) is 75.7 cm³/mol. The lowest BCUT2D eigenvalue weighted by molar-refractivity contribution is -0.0498. The summed E-state index contributed by atoms with van der Waals surface area (Å²) in [5, 5.41) is 6.27. The zero-order valence-electron chi connectivity index (χ0n) is 11.1. The zero-order chi connectivity index (χ0) is 14.7. The van der Waals surface area contributed by atoms with Gasteiger partial charge in [0.15, 0.2) is 0 Å². The summed E-state index contributed by atoms with van der Waals surface area (Å²) in [5.41, 5.74) is 1.70. The number of nitrogens with zero attached hydrogens (tertiary/aromatic N) is 1. The van der Waals surface area contributed by atoms with Crippen molar-refractivity contribution in [2.45, 2.75) is 12.7 Å². The van der Waals surface area contributed by atoms with Crippen molar-refractivity contribution in [3.63, 3.8) is 0 Å². The number of halogens is 2. The van der Waals surface area contributed by atoms with Gasteiger partial charge in [-0.2, -0.15) is 8.78 Å². The number of rotatable bonds is 4. The van der Waals surface area contributed by atoms with Gasteiger partial charge in [-0.25, -0.2) is 4.98 Å². The van der Waals surface area contributed by atoms with Crippen molar-refractivity contribution in [2.24, 2.45) is 0 Å². The highest BCUT2D eigenvalue weighted by Crippen LogP contribution is 2.28. The van der Waals surface area contributed by atoms with Crippen LogP contribution in [-0.4, -0.2) is 31.4 Å². The molecule has 112 valence electrons. The largest absolute Gasteiger partial charge is 0.435 e. The molecular weight excluding hydrogens is 298 g/mol. The number of benzene rings is 1. The first-order valence-corrected chi connectivity index (χ1v) is 7.42. The lowest BCUT2D eigenvalue weighted by Crippen LogP contribution is -2.34. The van der Waals surface area contributed by atoms with Crippen LogP contribution >= 0.6 is 11.3 Å². The van der Waals surface area contributed by atoms with E-state index in [0.29, 0.717) is 6.61 Å². The number of thiazole rings is 1. The number of hydrogen-bond acceptors (Lipinski definition) is 5. The molecule has 0 radical (unpaired) electrons. The quantitative estimate of drug-likeness (QED) is 0.942. The van der Waals surface area contributed by atoms with Gasteiger partial charge in [0.25, 0.3) is 0 Å². The molecule has 1 aromatic carbocycles. The molecular formula is C14H14F2N2O2S. The fourth-order valence-corrected chi connectivity index (χ4v) is 3.00. The van der Waals surface area contributed by atoms with Crippen LogP contribution in [0.15, 0.2) is 29.6 Å². The highest BCUT2D eigenvalue weighted by Gasteiger charge is 2.18. The van der Waals surface area contributed by atoms with Crippen LogP contribution in [0.3, 0.4) is 0 Å². The van der Waals surface area contributed by atoms with Crippen LogP contribution in [0.25, 0.3) is 11.3 Å². The molecule has 1 aliphatic rings. The Bertz CT molecular complexity index is 583. The molecule has 0 bridgehead atoms. The fraction of sp³-hybridized carbons (Fsp3) is 0.357. The molecule has 1 fully saturated rings. The molecule has 0 saturated carbocycles. The van der Waals surface area contributed by atoms with Gasteiger partial charge in [0.2, 0.25) is 0 Å². The minimum Gasteiger partial charge on any atom is -0.435 e. The third-order valence-electron chi connectivity index (χ3n) is 3.12. The first-order valence-electron chi connectivity index (χ1n) is 6.54. The van der Waals surface area contributed by atoms with E-state index in [1.807, 2.05) is 5.38 Å². The maximum absolute atomic E-state index is 12.1. The summed E-state index contributed by atoms with van der Waals surface area (Å²) < 4.78 is 34.0. The number of hydrogen-bond donors (Lipinski definition) is 1. The van der Waals surface area contributed by atoms with E-state index < -0.39 is 6.61 Å². The Balaban J connectivity index is 1.73. The summed E-state index contributed by atoms with van der Waals surface area (Å²) in [5.74, 6) is 0.145. The first kappa shape index (κ1) is 14.4. The van der Waals surface area contributed by atoms with Gasteiger partial charge in [0, 0.05) is 17.5 Å². The number of aromatic nitrogens is 1. The number of ether oxygens (including phenoxy) is 2. The Hall–Kier alpha value is -1.57. The molecule has 1 saturated heterocycles. The molecule has 1 aliphatic heterocycles. The van der Waals surface area contributed by atoms with E-state index >= 15 is 0 Å². The van der Waals surface area contributed by atoms with Crippen LogP contribution in [0, 0.1) is 0 Å². The van der Waals surface area contributed by atoms with Crippen LogP contribution < -0.4 is 10.1 Å². The second-order valence-corrected chi connectivity index (χ2v) is 5.45. The molecule has 1 unspecified atom stereocenters. The lowest BCUT2D eigenvalue weighted by atomic mass is 10.2. The summed E-state index contributed by atoms with van der Waals surface area (Å²) in [6.45, 7) is -0.646. The summed E-state index contributed by atoms with van der Waals surface area (Å²) in [6.07, 6.45) is 0. The third kappa shape index (κ3) is 3.55. The Morgan fingerprint density at radius 2 is 2.14 bits per heavy atom. The summed E-state index contributed by atoms with van der Waals surface area (Å²) in [4.78, 5) is 4.58. The van der Waals surface area contributed by atoms with Crippen molar-refractivity contribution < 1.29 is 18.3 Å². The van der Waals surface area contributed by atoms with Crippen LogP contribution in [0.4, 0.5) is 8.78 Å². The van der Waals surface area contributed by atoms with Gasteiger partial charge in [-0.1, -0.05) is 0 Å². The standard InChI is InChI=1S/C14H14F2N2O2S/c15-14(16)20-10-3-1-9(2-4-10)12-8-21-13(18-12)11-7-19-6-5-17-11/h1-4,8,11,14,17H,5-7H2. The van der Waals surface area contributed by atoms with Gasteiger partial charge in [-0.05, 0) is 24.3 Å². The molecule has 4 nitrogen and oxygen atoms in total. The molecule has 7 heteroatoms. The molecule has 0 aliphatic carbocycles. The Kier molecular flexibility index (Phi) is 4.42. The highest BCUT2D eigenvalue weighted by atomic mass is 32.1. The van der Waals surface area contributed by atoms with Gasteiger partial charge >= 0.3 is 6.61 Å². The van der Waals surface area contributed by atoms with E-state index in [9.17, 15) is 8.78 Å². The van der Waals surface area contributed by atoms with Gasteiger partial charge < -0.3 is 14.8 Å². The van der Waals surface area contributed by atoms with E-state index in [2.05, 4.69) is 15.0 Å². The van der Waals surface area contributed by atoms with E-state index in [4.69, 9.17) is 4.74 Å². The Morgan fingerprint density at radius 1 is 1.33 bits per heavy atom. The lowest BCUT2D eigenvalue weighted by Gasteiger charge is -2.21. The molecule has 1 atom stereocenters. The molecule has 2 heterocycles. The summed E-state index contributed by atoms with van der Waals surface area (Å²) in [7, 11) is 0. The van der Waals surface area contributed by atoms with Gasteiger partial charge in [-0.3, -0.25) is 0 Å². The molecule has 21 heavy (non-hydrogen) atoms. The van der Waals surface area contributed by atoms with Crippen LogP contribution in [0.2, 0.25) is 0 Å². The van der Waals surface area contributed by atoms with Crippen molar-refractivity contribution in [3.05, 3.63) is 34.7 Å². The van der Waals surface area contributed by atoms with Crippen molar-refractivity contribution in [1.29, 1.82) is 0 Å². The van der Waals surface area contributed by atoms with E-state index in [0.717, 1.165) is 29.4 Å². The fourth-order valence-electron chi connectivity index (χ4n) is 2.11. The SMILES string of the molecule is FC(F)Oc1ccc(-c2csc(C3COCCN3)n2)cc1. The number of morpholine rings is 1. The first-order chi connectivity index (χ1) is 10.2. The van der Waals surface area contributed by atoms with Gasteiger partial charge in [-0.15, -0.1) is 11.3 Å². The highest BCUT2D eigenvalue weighted by molar-refractivity contribution is 7.10. The molecule has 1 aromatic heterocycles. The Labute approximate surface area is 124 Å². The molecule has 0 amide bonds. The average molecular weight is 312 g/mol. The second kappa shape index (κ2) is 6.46. The average Bonchev–Trinajstić information content (AvgIpc) is 2.98. The minimum atomic E-state index is -2.81. The third-order valence-corrected chi connectivity index (χ3v) is 4.08. The molecule has 1 N–H and O–H groups in total. The number of nitrogens with one attached hydrogen (secondary N) is 1. The minimum absolute atomic E-state index is 0.124. The monoisotopic (exact) mass is 312 g/mol. The normalized spacial score (nSPS) is 18.9. The number of alkyl halides is 2. The van der Waals surface area contributed by atoms with Crippen LogP contribution in [0.1, 0.15) is 11.0 Å². The van der Waals surface area contributed by atoms with Gasteiger partial charge in [0.05, 0.1) is 24.9 Å². The topological polar surface area (TPSA) is 43.4 Å². The van der Waals surface area contributed by atoms with Crippen LogP contribution in [0.5, 0.6) is 5.75 Å². The van der Waals surface area contributed by atoms with Crippen molar-refractivity contribution >= 4 is 11.3 Å². The summed E-state index contributed by atoms with van der Waals surface area (Å²) in [6, 6.07) is 6.60. The smallest absolute Gasteiger partial charge is 0.387 e. The maximum Gasteiger partial charge on any atom is 0.387 e. The van der Waals surface area contributed by atoms with E-state index in [-0.39, 0.29) is 11.8 Å². The van der Waals surface area contributed by atoms with E-state index in [1.165, 1.54) is 12.1 Å². The zero-order valence-corrected chi connectivity index (χ0v) is 11.9.